The highest BCUT2D eigenvalue weighted by atomic mass is 32.2. The van der Waals surface area contributed by atoms with Crippen LogP contribution in [0.5, 0.6) is 0 Å². The maximum Gasteiger partial charge on any atom is 0.243 e. The number of carbonyl (C=O) groups is 1. The van der Waals surface area contributed by atoms with E-state index >= 15 is 0 Å². The van der Waals surface area contributed by atoms with Gasteiger partial charge >= 0.3 is 0 Å². The van der Waals surface area contributed by atoms with E-state index < -0.39 is 15.8 Å². The number of hydrogen-bond acceptors (Lipinski definition) is 5. The SMILES string of the molecule is CN(CC(=O)N1CCN(S(=O)(=O)c2cccc(F)c2)CC1)Cc1cnn(Cc2ccccc2)c1. The smallest absolute Gasteiger partial charge is 0.243 e. The highest BCUT2D eigenvalue weighted by Crippen LogP contribution is 2.18. The molecule has 10 heteroatoms. The van der Waals surface area contributed by atoms with Gasteiger partial charge in [-0.3, -0.25) is 14.4 Å². The molecule has 1 saturated heterocycles. The Labute approximate surface area is 199 Å². The Morgan fingerprint density at radius 3 is 2.47 bits per heavy atom. The van der Waals surface area contributed by atoms with E-state index in [1.807, 2.05) is 41.0 Å². The van der Waals surface area contributed by atoms with E-state index in [9.17, 15) is 17.6 Å². The molecule has 1 aromatic heterocycles. The van der Waals surface area contributed by atoms with Gasteiger partial charge in [-0.05, 0) is 30.8 Å². The molecule has 1 amide bonds. The second-order valence-corrected chi connectivity index (χ2v) is 10.4. The predicted molar refractivity (Wildman–Crippen MR) is 126 cm³/mol. The van der Waals surface area contributed by atoms with Gasteiger partial charge in [0.2, 0.25) is 15.9 Å². The standard InChI is InChI=1S/C24H28FN5O3S/c1-27(16-21-15-26-29(18-21)17-20-6-3-2-4-7-20)19-24(31)28-10-12-30(13-11-28)34(32,33)23-9-5-8-22(25)14-23/h2-9,14-15,18H,10-13,16-17,19H2,1H3. The quantitative estimate of drug-likeness (QED) is 0.488. The van der Waals surface area contributed by atoms with Crippen molar-refractivity contribution in [3.63, 3.8) is 0 Å². The van der Waals surface area contributed by atoms with Crippen LogP contribution in [0, 0.1) is 5.82 Å². The molecule has 180 valence electrons. The van der Waals surface area contributed by atoms with Crippen LogP contribution in [-0.2, 0) is 27.9 Å². The zero-order chi connectivity index (χ0) is 24.1. The molecule has 4 rings (SSSR count). The molecule has 0 radical (unpaired) electrons. The molecule has 0 unspecified atom stereocenters. The number of amides is 1. The molecular formula is C24H28FN5O3S. The third-order valence-corrected chi connectivity index (χ3v) is 7.65. The van der Waals surface area contributed by atoms with Crippen LogP contribution in [0.4, 0.5) is 4.39 Å². The van der Waals surface area contributed by atoms with Crippen LogP contribution < -0.4 is 0 Å². The molecule has 1 aliphatic rings. The van der Waals surface area contributed by atoms with E-state index in [4.69, 9.17) is 0 Å². The van der Waals surface area contributed by atoms with Crippen LogP contribution in [-0.4, -0.2) is 78.0 Å². The largest absolute Gasteiger partial charge is 0.339 e. The molecule has 0 atom stereocenters. The maximum atomic E-state index is 13.5. The number of halogens is 1. The highest BCUT2D eigenvalue weighted by Gasteiger charge is 2.30. The van der Waals surface area contributed by atoms with Gasteiger partial charge in [0.1, 0.15) is 5.82 Å². The molecule has 2 aromatic carbocycles. The lowest BCUT2D eigenvalue weighted by molar-refractivity contribution is -0.133. The molecule has 34 heavy (non-hydrogen) atoms. The molecule has 1 fully saturated rings. The fourth-order valence-electron chi connectivity index (χ4n) is 4.00. The minimum absolute atomic E-state index is 0.0537. The van der Waals surface area contributed by atoms with Gasteiger partial charge in [0.15, 0.2) is 0 Å². The first kappa shape index (κ1) is 24.1. The van der Waals surface area contributed by atoms with Gasteiger partial charge < -0.3 is 4.90 Å². The summed E-state index contributed by atoms with van der Waals surface area (Å²) in [4.78, 5) is 16.3. The van der Waals surface area contributed by atoms with Crippen molar-refractivity contribution in [2.45, 2.75) is 18.0 Å². The summed E-state index contributed by atoms with van der Waals surface area (Å²) in [7, 11) is -1.91. The van der Waals surface area contributed by atoms with E-state index in [0.717, 1.165) is 11.6 Å². The molecule has 0 N–H and O–H groups in total. The lowest BCUT2D eigenvalue weighted by Gasteiger charge is -2.34. The van der Waals surface area contributed by atoms with Gasteiger partial charge in [0.25, 0.3) is 0 Å². The zero-order valence-electron chi connectivity index (χ0n) is 19.0. The van der Waals surface area contributed by atoms with Gasteiger partial charge in [0, 0.05) is 44.5 Å². The first-order valence-corrected chi connectivity index (χ1v) is 12.5. The van der Waals surface area contributed by atoms with Crippen molar-refractivity contribution in [1.29, 1.82) is 0 Å². The number of piperazine rings is 1. The van der Waals surface area contributed by atoms with E-state index in [-0.39, 0.29) is 30.4 Å². The van der Waals surface area contributed by atoms with Crippen molar-refractivity contribution < 1.29 is 17.6 Å². The average Bonchev–Trinajstić information content (AvgIpc) is 3.26. The van der Waals surface area contributed by atoms with Crippen molar-refractivity contribution in [2.24, 2.45) is 0 Å². The number of rotatable bonds is 8. The minimum atomic E-state index is -3.78. The van der Waals surface area contributed by atoms with Gasteiger partial charge in [-0.1, -0.05) is 36.4 Å². The Kier molecular flexibility index (Phi) is 7.40. The fraction of sp³-hybridized carbons (Fsp3) is 0.333. The number of nitrogens with zero attached hydrogens (tertiary/aromatic N) is 5. The number of carbonyl (C=O) groups excluding carboxylic acids is 1. The highest BCUT2D eigenvalue weighted by molar-refractivity contribution is 7.89. The van der Waals surface area contributed by atoms with E-state index in [0.29, 0.717) is 26.2 Å². The number of sulfonamides is 1. The summed E-state index contributed by atoms with van der Waals surface area (Å²) in [5.41, 5.74) is 2.18. The van der Waals surface area contributed by atoms with Crippen LogP contribution in [0.2, 0.25) is 0 Å². The molecule has 0 spiro atoms. The molecule has 3 aromatic rings. The Balaban J connectivity index is 1.26. The van der Waals surface area contributed by atoms with Crippen molar-refractivity contribution in [3.8, 4) is 0 Å². The van der Waals surface area contributed by atoms with Crippen LogP contribution in [0.1, 0.15) is 11.1 Å². The van der Waals surface area contributed by atoms with Crippen molar-refractivity contribution in [3.05, 3.63) is 83.9 Å². The summed E-state index contributed by atoms with van der Waals surface area (Å²) in [5.74, 6) is -0.648. The number of aromatic nitrogens is 2. The van der Waals surface area contributed by atoms with Gasteiger partial charge in [-0.15, -0.1) is 0 Å². The first-order chi connectivity index (χ1) is 16.3. The number of benzene rings is 2. The average molecular weight is 486 g/mol. The van der Waals surface area contributed by atoms with Crippen molar-refractivity contribution in [2.75, 3.05) is 39.8 Å². The van der Waals surface area contributed by atoms with Gasteiger partial charge in [-0.25, -0.2) is 12.8 Å². The molecule has 0 bridgehead atoms. The molecule has 8 nitrogen and oxygen atoms in total. The van der Waals surface area contributed by atoms with E-state index in [1.54, 1.807) is 11.1 Å². The Morgan fingerprint density at radius 2 is 1.76 bits per heavy atom. The lowest BCUT2D eigenvalue weighted by Crippen LogP contribution is -2.52. The summed E-state index contributed by atoms with van der Waals surface area (Å²) >= 11 is 0. The molecule has 1 aliphatic heterocycles. The predicted octanol–water partition coefficient (Wildman–Crippen LogP) is 2.04. The second-order valence-electron chi connectivity index (χ2n) is 8.45. The monoisotopic (exact) mass is 485 g/mol. The molecule has 2 heterocycles. The molecule has 0 saturated carbocycles. The van der Waals surface area contributed by atoms with Crippen LogP contribution in [0.3, 0.4) is 0 Å². The third-order valence-electron chi connectivity index (χ3n) is 5.76. The fourth-order valence-corrected chi connectivity index (χ4v) is 5.45. The Bertz CT molecular complexity index is 1220. The van der Waals surface area contributed by atoms with Gasteiger partial charge in [0.05, 0.1) is 24.2 Å². The Morgan fingerprint density at radius 1 is 1.03 bits per heavy atom. The van der Waals surface area contributed by atoms with E-state index in [1.165, 1.54) is 28.1 Å². The number of hydrogen-bond donors (Lipinski definition) is 0. The third kappa shape index (κ3) is 5.88. The first-order valence-electron chi connectivity index (χ1n) is 11.1. The second kappa shape index (κ2) is 10.5. The zero-order valence-corrected chi connectivity index (χ0v) is 19.9. The summed E-state index contributed by atoms with van der Waals surface area (Å²) < 4.78 is 42.1. The normalized spacial score (nSPS) is 15.1. The van der Waals surface area contributed by atoms with Crippen LogP contribution >= 0.6 is 0 Å². The Hall–Kier alpha value is -3.08. The van der Waals surface area contributed by atoms with Crippen molar-refractivity contribution in [1.82, 2.24) is 23.9 Å². The van der Waals surface area contributed by atoms with Gasteiger partial charge in [-0.2, -0.15) is 9.40 Å². The summed E-state index contributed by atoms with van der Waals surface area (Å²) in [5, 5.41) is 4.40. The number of likely N-dealkylation sites (N-methyl/N-ethyl adjacent to an activating group) is 1. The minimum Gasteiger partial charge on any atom is -0.339 e. The topological polar surface area (TPSA) is 78.8 Å². The lowest BCUT2D eigenvalue weighted by atomic mass is 10.2. The maximum absolute atomic E-state index is 13.5. The van der Waals surface area contributed by atoms with E-state index in [2.05, 4.69) is 17.2 Å². The molecule has 0 aliphatic carbocycles. The summed E-state index contributed by atoms with van der Waals surface area (Å²) in [6.45, 7) is 2.45. The summed E-state index contributed by atoms with van der Waals surface area (Å²) in [6, 6.07) is 15.1. The molecular weight excluding hydrogens is 457 g/mol. The van der Waals surface area contributed by atoms with Crippen LogP contribution in [0.25, 0.3) is 0 Å². The van der Waals surface area contributed by atoms with Crippen LogP contribution in [0.15, 0.2) is 71.9 Å². The van der Waals surface area contributed by atoms with Crippen molar-refractivity contribution >= 4 is 15.9 Å². The summed E-state index contributed by atoms with van der Waals surface area (Å²) in [6.07, 6.45) is 3.78.